The second kappa shape index (κ2) is 5.03. The summed E-state index contributed by atoms with van der Waals surface area (Å²) in [6.45, 7) is 3.71. The van der Waals surface area contributed by atoms with Crippen LogP contribution in [0.25, 0.3) is 0 Å². The topological polar surface area (TPSA) is 52.5 Å². The molecule has 3 nitrogen and oxygen atoms in total. The van der Waals surface area contributed by atoms with Gasteiger partial charge in [-0.15, -0.1) is 0 Å². The van der Waals surface area contributed by atoms with Crippen LogP contribution in [-0.4, -0.2) is 28.6 Å². The molecular formula is C13H25NO2. The molecule has 0 aromatic heterocycles. The van der Waals surface area contributed by atoms with E-state index in [2.05, 4.69) is 5.32 Å². The second-order valence-electron chi connectivity index (χ2n) is 5.76. The Labute approximate surface area is 98.2 Å². The first-order valence-corrected chi connectivity index (χ1v) is 6.70. The molecule has 0 radical (unpaired) electrons. The number of aliphatic hydroxyl groups is 2. The highest BCUT2D eigenvalue weighted by atomic mass is 16.3. The lowest BCUT2D eigenvalue weighted by Gasteiger charge is -2.30. The molecule has 4 atom stereocenters. The van der Waals surface area contributed by atoms with Crippen LogP contribution in [0, 0.1) is 17.8 Å². The fraction of sp³-hybridized carbons (Fsp3) is 1.00. The average molecular weight is 227 g/mol. The Morgan fingerprint density at radius 3 is 2.12 bits per heavy atom. The van der Waals surface area contributed by atoms with Gasteiger partial charge >= 0.3 is 0 Å². The minimum Gasteiger partial charge on any atom is -0.393 e. The average Bonchev–Trinajstić information content (AvgIpc) is 2.97. The first-order chi connectivity index (χ1) is 7.58. The molecule has 94 valence electrons. The third-order valence-corrected chi connectivity index (χ3v) is 4.37. The molecule has 3 N–H and O–H groups in total. The molecule has 0 amide bonds. The normalized spacial score (nSPS) is 42.8. The van der Waals surface area contributed by atoms with E-state index in [1.165, 1.54) is 32.1 Å². The van der Waals surface area contributed by atoms with Crippen LogP contribution >= 0.6 is 0 Å². The van der Waals surface area contributed by atoms with Gasteiger partial charge in [0.05, 0.1) is 6.10 Å². The summed E-state index contributed by atoms with van der Waals surface area (Å²) >= 11 is 0. The highest BCUT2D eigenvalue weighted by Gasteiger charge is 2.45. The van der Waals surface area contributed by atoms with Crippen molar-refractivity contribution in [2.75, 3.05) is 0 Å². The first-order valence-electron chi connectivity index (χ1n) is 6.70. The molecule has 0 aliphatic heterocycles. The molecule has 2 fully saturated rings. The monoisotopic (exact) mass is 227 g/mol. The second-order valence-corrected chi connectivity index (χ2v) is 5.76. The van der Waals surface area contributed by atoms with Crippen LogP contribution in [-0.2, 0) is 0 Å². The molecule has 0 spiro atoms. The lowest BCUT2D eigenvalue weighted by Crippen LogP contribution is -2.39. The van der Waals surface area contributed by atoms with Crippen LogP contribution in [0.4, 0.5) is 0 Å². The van der Waals surface area contributed by atoms with E-state index in [1.807, 2.05) is 6.92 Å². The maximum Gasteiger partial charge on any atom is 0.102 e. The zero-order valence-corrected chi connectivity index (χ0v) is 10.4. The molecule has 0 heterocycles. The maximum absolute atomic E-state index is 9.52. The quantitative estimate of drug-likeness (QED) is 0.638. The molecule has 16 heavy (non-hydrogen) atoms. The predicted molar refractivity (Wildman–Crippen MR) is 63.8 cm³/mol. The van der Waals surface area contributed by atoms with E-state index >= 15 is 0 Å². The fourth-order valence-electron chi connectivity index (χ4n) is 3.39. The van der Waals surface area contributed by atoms with Gasteiger partial charge in [-0.25, -0.2) is 0 Å². The summed E-state index contributed by atoms with van der Waals surface area (Å²) in [6, 6.07) is 0.500. The zero-order valence-electron chi connectivity index (χ0n) is 10.4. The van der Waals surface area contributed by atoms with Crippen LogP contribution in [0.3, 0.4) is 0 Å². The van der Waals surface area contributed by atoms with Crippen LogP contribution in [0.15, 0.2) is 0 Å². The van der Waals surface area contributed by atoms with Crippen molar-refractivity contribution in [1.82, 2.24) is 5.32 Å². The molecule has 2 rings (SSSR count). The molecule has 2 saturated carbocycles. The van der Waals surface area contributed by atoms with E-state index in [4.69, 9.17) is 0 Å². The summed E-state index contributed by atoms with van der Waals surface area (Å²) in [5, 5.41) is 22.0. The molecule has 4 unspecified atom stereocenters. The summed E-state index contributed by atoms with van der Waals surface area (Å²) in [6.07, 6.45) is 5.62. The number of hydrogen-bond acceptors (Lipinski definition) is 3. The van der Waals surface area contributed by atoms with Crippen LogP contribution in [0.5, 0.6) is 0 Å². The highest BCUT2D eigenvalue weighted by molar-refractivity contribution is 4.96. The summed E-state index contributed by atoms with van der Waals surface area (Å²) in [7, 11) is 0. The third kappa shape index (κ3) is 2.96. The Morgan fingerprint density at radius 1 is 1.06 bits per heavy atom. The summed E-state index contributed by atoms with van der Waals surface area (Å²) in [4.78, 5) is 0. The molecule has 0 bridgehead atoms. The van der Waals surface area contributed by atoms with E-state index in [0.29, 0.717) is 12.0 Å². The molecule has 0 aromatic carbocycles. The van der Waals surface area contributed by atoms with E-state index in [9.17, 15) is 10.2 Å². The van der Waals surface area contributed by atoms with E-state index in [-0.39, 0.29) is 12.3 Å². The summed E-state index contributed by atoms with van der Waals surface area (Å²) < 4.78 is 0. The summed E-state index contributed by atoms with van der Waals surface area (Å²) in [5.74, 6) is 2.19. The third-order valence-electron chi connectivity index (χ3n) is 4.37. The van der Waals surface area contributed by atoms with Crippen molar-refractivity contribution in [1.29, 1.82) is 0 Å². The number of nitrogens with one attached hydrogen (secondary N) is 1. The first kappa shape index (κ1) is 12.3. The van der Waals surface area contributed by atoms with Crippen LogP contribution < -0.4 is 5.32 Å². The Morgan fingerprint density at radius 2 is 1.69 bits per heavy atom. The van der Waals surface area contributed by atoms with Gasteiger partial charge in [-0.3, -0.25) is 5.32 Å². The van der Waals surface area contributed by atoms with Gasteiger partial charge in [-0.2, -0.15) is 0 Å². The Balaban J connectivity index is 1.70. The fourth-order valence-corrected chi connectivity index (χ4v) is 3.39. The van der Waals surface area contributed by atoms with Crippen LogP contribution in [0.2, 0.25) is 0 Å². The van der Waals surface area contributed by atoms with Gasteiger partial charge in [0.1, 0.15) is 6.23 Å². The lowest BCUT2D eigenvalue weighted by atomic mass is 9.82. The van der Waals surface area contributed by atoms with Gasteiger partial charge in [0.15, 0.2) is 0 Å². The van der Waals surface area contributed by atoms with Gasteiger partial charge in [0.2, 0.25) is 0 Å². The van der Waals surface area contributed by atoms with Gasteiger partial charge in [-0.1, -0.05) is 0 Å². The van der Waals surface area contributed by atoms with Crippen molar-refractivity contribution in [3.63, 3.8) is 0 Å². The number of hydrogen-bond donors (Lipinski definition) is 3. The zero-order chi connectivity index (χ0) is 11.7. The van der Waals surface area contributed by atoms with Crippen molar-refractivity contribution in [2.24, 2.45) is 17.8 Å². The molecule has 2 aliphatic rings. The maximum atomic E-state index is 9.52. The van der Waals surface area contributed by atoms with Crippen molar-refractivity contribution in [3.8, 4) is 0 Å². The van der Waals surface area contributed by atoms with Crippen molar-refractivity contribution >= 4 is 0 Å². The predicted octanol–water partition coefficient (Wildman–Crippen LogP) is 1.49. The molecule has 3 heteroatoms. The van der Waals surface area contributed by atoms with Crippen molar-refractivity contribution in [3.05, 3.63) is 0 Å². The Hall–Kier alpha value is -0.120. The minimum absolute atomic E-state index is 0.113. The standard InChI is InChI=1S/C13H25NO2/c1-8(15)12-7-13(12)10-3-5-11(6-4-10)14-9(2)16/h8-16H,3-7H2,1-2H3. The lowest BCUT2D eigenvalue weighted by molar-refractivity contribution is 0.117. The van der Waals surface area contributed by atoms with Gasteiger partial charge in [0, 0.05) is 6.04 Å². The van der Waals surface area contributed by atoms with Crippen molar-refractivity contribution < 1.29 is 10.2 Å². The van der Waals surface area contributed by atoms with Gasteiger partial charge < -0.3 is 10.2 Å². The van der Waals surface area contributed by atoms with Gasteiger partial charge in [-0.05, 0) is 63.7 Å². The van der Waals surface area contributed by atoms with E-state index in [0.717, 1.165) is 11.8 Å². The Kier molecular flexibility index (Phi) is 3.88. The largest absolute Gasteiger partial charge is 0.393 e. The molecule has 2 aliphatic carbocycles. The number of aliphatic hydroxyl groups excluding tert-OH is 2. The summed E-state index contributed by atoms with van der Waals surface area (Å²) in [5.41, 5.74) is 0. The molecular weight excluding hydrogens is 202 g/mol. The Bertz CT molecular complexity index is 222. The molecule has 0 saturated heterocycles. The van der Waals surface area contributed by atoms with Gasteiger partial charge in [0.25, 0.3) is 0 Å². The smallest absolute Gasteiger partial charge is 0.102 e. The van der Waals surface area contributed by atoms with Crippen molar-refractivity contribution in [2.45, 2.75) is 64.3 Å². The SMILES string of the molecule is CC(O)NC1CCC(C2CC2C(C)O)CC1. The number of rotatable bonds is 4. The molecule has 0 aromatic rings. The van der Waals surface area contributed by atoms with E-state index in [1.54, 1.807) is 6.92 Å². The minimum atomic E-state index is -0.382. The van der Waals surface area contributed by atoms with Crippen LogP contribution in [0.1, 0.15) is 46.0 Å². The van der Waals surface area contributed by atoms with E-state index < -0.39 is 0 Å². The highest BCUT2D eigenvalue weighted by Crippen LogP contribution is 2.50.